The number of likely N-dealkylation sites (tertiary alicyclic amines) is 1. The largest absolute Gasteiger partial charge is 0.317 e. The highest BCUT2D eigenvalue weighted by atomic mass is 79.9. The van der Waals surface area contributed by atoms with Gasteiger partial charge in [0.05, 0.1) is 11.4 Å². The lowest BCUT2D eigenvalue weighted by molar-refractivity contribution is 0.194. The lowest BCUT2D eigenvalue weighted by atomic mass is 9.78. The number of nitrogens with one attached hydrogen (secondary N) is 1. The summed E-state index contributed by atoms with van der Waals surface area (Å²) >= 11 is 3.49. The van der Waals surface area contributed by atoms with Crippen molar-refractivity contribution in [1.29, 1.82) is 0 Å². The van der Waals surface area contributed by atoms with Crippen molar-refractivity contribution in [3.8, 4) is 5.69 Å². The quantitative estimate of drug-likeness (QED) is 0.872. The Morgan fingerprint density at radius 3 is 2.67 bits per heavy atom. The molecular formula is C19H25BrN4. The van der Waals surface area contributed by atoms with E-state index in [0.717, 1.165) is 22.4 Å². The van der Waals surface area contributed by atoms with Crippen LogP contribution in [0.3, 0.4) is 0 Å². The Kier molecular flexibility index (Phi) is 4.50. The average molecular weight is 389 g/mol. The van der Waals surface area contributed by atoms with Gasteiger partial charge < -0.3 is 5.32 Å². The molecule has 0 saturated carbocycles. The number of hydrogen-bond donors (Lipinski definition) is 1. The van der Waals surface area contributed by atoms with Gasteiger partial charge in [-0.2, -0.15) is 5.10 Å². The number of aryl methyl sites for hydroxylation is 1. The molecule has 0 bridgehead atoms. The lowest BCUT2D eigenvalue weighted by Gasteiger charge is -2.33. The SMILES string of the molecule is Cc1nn(-c2ccc(Br)cc2)cc1CN1CCC2(CCNCC2)C1. The number of piperidine rings is 1. The standard InChI is InChI=1S/C19H25BrN4/c1-15-16(13-24(22-15)18-4-2-17(20)3-5-18)12-23-11-8-19(14-23)6-9-21-10-7-19/h2-5,13,21H,6-12,14H2,1H3. The number of hydrogen-bond acceptors (Lipinski definition) is 3. The second kappa shape index (κ2) is 6.62. The van der Waals surface area contributed by atoms with Crippen LogP contribution in [-0.4, -0.2) is 40.9 Å². The van der Waals surface area contributed by atoms with Crippen molar-refractivity contribution in [2.75, 3.05) is 26.2 Å². The fourth-order valence-corrected chi connectivity index (χ4v) is 4.41. The summed E-state index contributed by atoms with van der Waals surface area (Å²) in [7, 11) is 0. The van der Waals surface area contributed by atoms with Gasteiger partial charge in [-0.05, 0) is 75.5 Å². The molecule has 1 aromatic carbocycles. The molecule has 0 unspecified atom stereocenters. The third kappa shape index (κ3) is 3.30. The molecule has 0 amide bonds. The predicted octanol–water partition coefficient (Wildman–Crippen LogP) is 3.52. The fraction of sp³-hybridized carbons (Fsp3) is 0.526. The van der Waals surface area contributed by atoms with Crippen LogP contribution in [-0.2, 0) is 6.54 Å². The molecule has 0 radical (unpaired) electrons. The van der Waals surface area contributed by atoms with Crippen molar-refractivity contribution in [1.82, 2.24) is 20.0 Å². The normalized spacial score (nSPS) is 20.8. The van der Waals surface area contributed by atoms with E-state index in [1.807, 2.05) is 4.68 Å². The van der Waals surface area contributed by atoms with Gasteiger partial charge in [0.1, 0.15) is 0 Å². The molecule has 0 atom stereocenters. The Morgan fingerprint density at radius 2 is 1.92 bits per heavy atom. The van der Waals surface area contributed by atoms with Gasteiger partial charge in [0.25, 0.3) is 0 Å². The Morgan fingerprint density at radius 1 is 1.17 bits per heavy atom. The first-order valence-corrected chi connectivity index (χ1v) is 9.67. The van der Waals surface area contributed by atoms with Gasteiger partial charge in [-0.15, -0.1) is 0 Å². The van der Waals surface area contributed by atoms with Crippen LogP contribution in [0, 0.1) is 12.3 Å². The summed E-state index contributed by atoms with van der Waals surface area (Å²) in [6, 6.07) is 8.32. The van der Waals surface area contributed by atoms with Crippen LogP contribution in [0.1, 0.15) is 30.5 Å². The first kappa shape index (κ1) is 16.3. The van der Waals surface area contributed by atoms with Gasteiger partial charge >= 0.3 is 0 Å². The van der Waals surface area contributed by atoms with Crippen LogP contribution in [0.25, 0.3) is 5.69 Å². The van der Waals surface area contributed by atoms with E-state index in [-0.39, 0.29) is 0 Å². The number of aromatic nitrogens is 2. The molecule has 0 aliphatic carbocycles. The predicted molar refractivity (Wildman–Crippen MR) is 100 cm³/mol. The maximum Gasteiger partial charge on any atom is 0.0646 e. The van der Waals surface area contributed by atoms with Crippen molar-refractivity contribution < 1.29 is 0 Å². The van der Waals surface area contributed by atoms with E-state index in [2.05, 4.69) is 63.5 Å². The molecule has 2 aliphatic rings. The van der Waals surface area contributed by atoms with Crippen LogP contribution < -0.4 is 5.32 Å². The third-order valence-corrected chi connectivity index (χ3v) is 6.20. The van der Waals surface area contributed by atoms with Crippen molar-refractivity contribution in [3.63, 3.8) is 0 Å². The highest BCUT2D eigenvalue weighted by molar-refractivity contribution is 9.10. The zero-order chi connectivity index (χ0) is 16.6. The highest BCUT2D eigenvalue weighted by Crippen LogP contribution is 2.39. The van der Waals surface area contributed by atoms with Crippen LogP contribution in [0.15, 0.2) is 34.9 Å². The minimum atomic E-state index is 0.570. The summed E-state index contributed by atoms with van der Waals surface area (Å²) in [4.78, 5) is 2.63. The first-order valence-electron chi connectivity index (χ1n) is 8.88. The zero-order valence-electron chi connectivity index (χ0n) is 14.3. The molecule has 1 N–H and O–H groups in total. The third-order valence-electron chi connectivity index (χ3n) is 5.67. The second-order valence-corrected chi connectivity index (χ2v) is 8.29. The number of halogens is 1. The van der Waals surface area contributed by atoms with Crippen LogP contribution in [0.5, 0.6) is 0 Å². The smallest absolute Gasteiger partial charge is 0.0646 e. The highest BCUT2D eigenvalue weighted by Gasteiger charge is 2.38. The second-order valence-electron chi connectivity index (χ2n) is 7.37. The van der Waals surface area contributed by atoms with Crippen molar-refractivity contribution in [3.05, 3.63) is 46.2 Å². The molecule has 2 aromatic rings. The topological polar surface area (TPSA) is 33.1 Å². The molecule has 2 saturated heterocycles. The molecule has 1 spiro atoms. The zero-order valence-corrected chi connectivity index (χ0v) is 15.8. The summed E-state index contributed by atoms with van der Waals surface area (Å²) in [6.45, 7) is 8.00. The Bertz CT molecular complexity index is 701. The minimum Gasteiger partial charge on any atom is -0.317 e. The van der Waals surface area contributed by atoms with Gasteiger partial charge in [-0.3, -0.25) is 4.90 Å². The average Bonchev–Trinajstić information content (AvgIpc) is 3.14. The maximum absolute atomic E-state index is 4.72. The van der Waals surface area contributed by atoms with Crippen molar-refractivity contribution in [2.45, 2.75) is 32.7 Å². The van der Waals surface area contributed by atoms with Gasteiger partial charge in [-0.25, -0.2) is 4.68 Å². The number of rotatable bonds is 3. The molecule has 4 nitrogen and oxygen atoms in total. The Hall–Kier alpha value is -1.17. The van der Waals surface area contributed by atoms with E-state index in [1.165, 1.54) is 51.0 Å². The van der Waals surface area contributed by atoms with E-state index in [1.54, 1.807) is 0 Å². The van der Waals surface area contributed by atoms with Crippen LogP contribution in [0.4, 0.5) is 0 Å². The molecule has 128 valence electrons. The van der Waals surface area contributed by atoms with E-state index in [0.29, 0.717) is 5.41 Å². The number of benzene rings is 1. The fourth-order valence-electron chi connectivity index (χ4n) is 4.15. The van der Waals surface area contributed by atoms with Gasteiger partial charge in [0, 0.05) is 29.3 Å². The Labute approximate surface area is 152 Å². The molecule has 2 fully saturated rings. The summed E-state index contributed by atoms with van der Waals surface area (Å²) in [5.74, 6) is 0. The first-order chi connectivity index (χ1) is 11.6. The lowest BCUT2D eigenvalue weighted by Crippen LogP contribution is -2.38. The molecule has 2 aliphatic heterocycles. The van der Waals surface area contributed by atoms with Gasteiger partial charge in [-0.1, -0.05) is 15.9 Å². The van der Waals surface area contributed by atoms with Crippen molar-refractivity contribution in [2.24, 2.45) is 5.41 Å². The molecule has 5 heteroatoms. The molecule has 1 aromatic heterocycles. The van der Waals surface area contributed by atoms with E-state index >= 15 is 0 Å². The summed E-state index contributed by atoms with van der Waals surface area (Å²) in [6.07, 6.45) is 6.22. The number of nitrogens with zero attached hydrogens (tertiary/aromatic N) is 3. The van der Waals surface area contributed by atoms with E-state index in [4.69, 9.17) is 5.10 Å². The van der Waals surface area contributed by atoms with Gasteiger partial charge in [0.15, 0.2) is 0 Å². The summed E-state index contributed by atoms with van der Waals surface area (Å²) in [5, 5.41) is 8.22. The molecular weight excluding hydrogens is 364 g/mol. The molecule has 3 heterocycles. The van der Waals surface area contributed by atoms with Crippen molar-refractivity contribution >= 4 is 15.9 Å². The van der Waals surface area contributed by atoms with E-state index in [9.17, 15) is 0 Å². The van der Waals surface area contributed by atoms with Gasteiger partial charge in [0.2, 0.25) is 0 Å². The molecule has 4 rings (SSSR count). The van der Waals surface area contributed by atoms with E-state index < -0.39 is 0 Å². The molecule has 24 heavy (non-hydrogen) atoms. The monoisotopic (exact) mass is 388 g/mol. The summed E-state index contributed by atoms with van der Waals surface area (Å²) in [5.41, 5.74) is 4.18. The summed E-state index contributed by atoms with van der Waals surface area (Å²) < 4.78 is 3.10. The minimum absolute atomic E-state index is 0.570. The maximum atomic E-state index is 4.72. The Balaban J connectivity index is 1.46. The van der Waals surface area contributed by atoms with Crippen LogP contribution >= 0.6 is 15.9 Å². The van der Waals surface area contributed by atoms with Crippen LogP contribution in [0.2, 0.25) is 0 Å².